The number of hydrogen-bond donors (Lipinski definition) is 1. The summed E-state index contributed by atoms with van der Waals surface area (Å²) in [7, 11) is -5.63. The molecule has 0 rings (SSSR count). The first-order valence-corrected chi connectivity index (χ1v) is 17.3. The number of carbonyl (C=O) groups excluding carboxylic acids is 2. The van der Waals surface area contributed by atoms with Crippen LogP contribution in [0.3, 0.4) is 0 Å². The maximum atomic E-state index is 13.0. The van der Waals surface area contributed by atoms with Gasteiger partial charge in [-0.3, -0.25) is 0 Å². The number of carbonyl (C=O) groups is 2. The molecule has 0 fully saturated rings. The van der Waals surface area contributed by atoms with Crippen LogP contribution in [0.15, 0.2) is 12.7 Å². The molecule has 37 heavy (non-hydrogen) atoms. The molecule has 0 aliphatic carbocycles. The van der Waals surface area contributed by atoms with Gasteiger partial charge in [-0.1, -0.05) is 6.58 Å². The fourth-order valence-corrected chi connectivity index (χ4v) is 8.96. The summed E-state index contributed by atoms with van der Waals surface area (Å²) in [6.07, 6.45) is 2.39. The van der Waals surface area contributed by atoms with Gasteiger partial charge in [-0.25, -0.2) is 9.59 Å². The molecule has 0 spiro atoms. The van der Waals surface area contributed by atoms with Gasteiger partial charge in [0.05, 0.1) is 6.54 Å². The van der Waals surface area contributed by atoms with Crippen molar-refractivity contribution in [3.8, 4) is 0 Å². The molecule has 2 amide bonds. The SMILES string of the molecule is C=CC(=O)OCCNC(=O)N(CCC[Si](OCC)(OCC)OCC)CCC[Si](OCC)(OCC)OCC. The molecule has 0 aromatic heterocycles. The standard InChI is InChI=1S/C24H50N2O9Si2/c1-8-23(27)29-20-17-25-24(28)26(18-15-21-36(30-9-2,31-10-3)32-11-4)19-16-22-37(33-12-5,34-13-6)35-14-7/h8H,1,9-22H2,2-7H3,(H,25,28). The molecule has 0 unspecified atom stereocenters. The highest BCUT2D eigenvalue weighted by Crippen LogP contribution is 2.21. The Balaban J connectivity index is 5.30. The van der Waals surface area contributed by atoms with Crippen molar-refractivity contribution >= 4 is 29.6 Å². The van der Waals surface area contributed by atoms with Crippen molar-refractivity contribution < 1.29 is 40.9 Å². The third-order valence-electron chi connectivity index (χ3n) is 5.08. The molecule has 0 aliphatic rings. The van der Waals surface area contributed by atoms with Gasteiger partial charge in [-0.05, 0) is 54.4 Å². The third kappa shape index (κ3) is 15.0. The van der Waals surface area contributed by atoms with Crippen LogP contribution in [0, 0.1) is 0 Å². The number of nitrogens with one attached hydrogen (secondary N) is 1. The van der Waals surface area contributed by atoms with Crippen molar-refractivity contribution in [1.82, 2.24) is 10.2 Å². The summed E-state index contributed by atoms with van der Waals surface area (Å²) < 4.78 is 40.6. The van der Waals surface area contributed by atoms with Gasteiger partial charge in [-0.15, -0.1) is 0 Å². The zero-order chi connectivity index (χ0) is 28.0. The second-order valence-electron chi connectivity index (χ2n) is 7.76. The first-order chi connectivity index (χ1) is 17.8. The lowest BCUT2D eigenvalue weighted by atomic mass is 10.3. The van der Waals surface area contributed by atoms with Crippen LogP contribution in [-0.2, 0) is 36.1 Å². The maximum absolute atomic E-state index is 13.0. The van der Waals surface area contributed by atoms with E-state index < -0.39 is 23.6 Å². The van der Waals surface area contributed by atoms with E-state index in [1.54, 1.807) is 4.90 Å². The highest BCUT2D eigenvalue weighted by molar-refractivity contribution is 6.61. The molecule has 0 atom stereocenters. The summed E-state index contributed by atoms with van der Waals surface area (Å²) in [5, 5.41) is 2.82. The Bertz CT molecular complexity index is 563. The Morgan fingerprint density at radius 3 is 1.43 bits per heavy atom. The van der Waals surface area contributed by atoms with Crippen molar-refractivity contribution in [3.63, 3.8) is 0 Å². The maximum Gasteiger partial charge on any atom is 0.500 e. The molecule has 0 heterocycles. The lowest BCUT2D eigenvalue weighted by molar-refractivity contribution is -0.137. The van der Waals surface area contributed by atoms with Crippen molar-refractivity contribution in [3.05, 3.63) is 12.7 Å². The minimum Gasteiger partial charge on any atom is -0.461 e. The summed E-state index contributed by atoms with van der Waals surface area (Å²) in [4.78, 5) is 26.0. The molecule has 13 heteroatoms. The average molecular weight is 567 g/mol. The van der Waals surface area contributed by atoms with E-state index in [4.69, 9.17) is 31.3 Å². The summed E-state index contributed by atoms with van der Waals surface area (Å²) in [5.74, 6) is -0.528. The predicted molar refractivity (Wildman–Crippen MR) is 146 cm³/mol. The van der Waals surface area contributed by atoms with Gasteiger partial charge in [0, 0.05) is 70.9 Å². The Morgan fingerprint density at radius 1 is 0.730 bits per heavy atom. The van der Waals surface area contributed by atoms with E-state index in [0.717, 1.165) is 6.08 Å². The van der Waals surface area contributed by atoms with Crippen molar-refractivity contribution in [2.45, 2.75) is 66.5 Å². The van der Waals surface area contributed by atoms with Crippen molar-refractivity contribution in [2.75, 3.05) is 65.9 Å². The Hall–Kier alpha value is -1.33. The van der Waals surface area contributed by atoms with Crippen LogP contribution < -0.4 is 5.32 Å². The van der Waals surface area contributed by atoms with Crippen LogP contribution in [0.2, 0.25) is 12.1 Å². The van der Waals surface area contributed by atoms with E-state index in [2.05, 4.69) is 11.9 Å². The molecule has 1 N–H and O–H groups in total. The van der Waals surface area contributed by atoms with Gasteiger partial charge >= 0.3 is 29.6 Å². The second kappa shape index (κ2) is 21.6. The van der Waals surface area contributed by atoms with Crippen LogP contribution in [0.5, 0.6) is 0 Å². The zero-order valence-corrected chi connectivity index (χ0v) is 25.8. The van der Waals surface area contributed by atoms with E-state index in [1.165, 1.54) is 0 Å². The van der Waals surface area contributed by atoms with E-state index in [-0.39, 0.29) is 19.2 Å². The summed E-state index contributed by atoms with van der Waals surface area (Å²) in [6.45, 7) is 19.1. The van der Waals surface area contributed by atoms with Crippen LogP contribution in [0.1, 0.15) is 54.4 Å². The fourth-order valence-electron chi connectivity index (χ4n) is 3.77. The highest BCUT2D eigenvalue weighted by Gasteiger charge is 2.41. The van der Waals surface area contributed by atoms with Gasteiger partial charge in [0.2, 0.25) is 0 Å². The van der Waals surface area contributed by atoms with Gasteiger partial charge < -0.3 is 41.5 Å². The van der Waals surface area contributed by atoms with Gasteiger partial charge in [0.25, 0.3) is 0 Å². The first-order valence-electron chi connectivity index (χ1n) is 13.5. The van der Waals surface area contributed by atoms with E-state index in [9.17, 15) is 9.59 Å². The van der Waals surface area contributed by atoms with Crippen molar-refractivity contribution in [1.29, 1.82) is 0 Å². The molecule has 0 radical (unpaired) electrons. The van der Waals surface area contributed by atoms with Gasteiger partial charge in [0.1, 0.15) is 6.61 Å². The van der Waals surface area contributed by atoms with Crippen LogP contribution in [0.4, 0.5) is 4.79 Å². The molecule has 0 saturated carbocycles. The fraction of sp³-hybridized carbons (Fsp3) is 0.833. The smallest absolute Gasteiger partial charge is 0.461 e. The van der Waals surface area contributed by atoms with E-state index in [1.807, 2.05) is 41.5 Å². The molecule has 11 nitrogen and oxygen atoms in total. The number of urea groups is 1. The number of hydrogen-bond acceptors (Lipinski definition) is 9. The molecular formula is C24H50N2O9Si2. The summed E-state index contributed by atoms with van der Waals surface area (Å²) in [6, 6.07) is 0.944. The minimum absolute atomic E-state index is 0.0640. The third-order valence-corrected chi connectivity index (χ3v) is 11.4. The topological polar surface area (TPSA) is 114 Å². The Kier molecular flexibility index (Phi) is 20.8. The lowest BCUT2D eigenvalue weighted by Crippen LogP contribution is -2.48. The molecule has 218 valence electrons. The zero-order valence-electron chi connectivity index (χ0n) is 23.8. The highest BCUT2D eigenvalue weighted by atomic mass is 28.4. The van der Waals surface area contributed by atoms with Crippen molar-refractivity contribution in [2.24, 2.45) is 0 Å². The van der Waals surface area contributed by atoms with Crippen LogP contribution >= 0.6 is 0 Å². The largest absolute Gasteiger partial charge is 0.500 e. The predicted octanol–water partition coefficient (Wildman–Crippen LogP) is 3.60. The number of amides is 2. The molecule has 0 aromatic carbocycles. The molecule has 0 aliphatic heterocycles. The molecule has 0 saturated heterocycles. The van der Waals surface area contributed by atoms with E-state index >= 15 is 0 Å². The quantitative estimate of drug-likeness (QED) is 0.0810. The van der Waals surface area contributed by atoms with Gasteiger partial charge in [-0.2, -0.15) is 0 Å². The average Bonchev–Trinajstić information content (AvgIpc) is 2.86. The lowest BCUT2D eigenvalue weighted by Gasteiger charge is -2.31. The first kappa shape index (κ1) is 35.7. The molecule has 0 aromatic rings. The minimum atomic E-state index is -2.82. The Labute approximate surface area is 225 Å². The molecular weight excluding hydrogens is 516 g/mol. The number of rotatable bonds is 24. The van der Waals surface area contributed by atoms with E-state index in [0.29, 0.717) is 77.7 Å². The van der Waals surface area contributed by atoms with Crippen LogP contribution in [-0.4, -0.2) is 100 Å². The molecule has 0 bridgehead atoms. The van der Waals surface area contributed by atoms with Gasteiger partial charge in [0.15, 0.2) is 0 Å². The summed E-state index contributed by atoms with van der Waals surface area (Å²) >= 11 is 0. The van der Waals surface area contributed by atoms with Crippen LogP contribution in [0.25, 0.3) is 0 Å². The number of esters is 1. The monoisotopic (exact) mass is 566 g/mol. The summed E-state index contributed by atoms with van der Waals surface area (Å²) in [5.41, 5.74) is 0. The Morgan fingerprint density at radius 2 is 1.11 bits per heavy atom. The number of ether oxygens (including phenoxy) is 1. The second-order valence-corrected chi connectivity index (χ2v) is 13.2. The number of nitrogens with zero attached hydrogens (tertiary/aromatic N) is 1. The normalized spacial score (nSPS) is 11.8.